The Hall–Kier alpha value is -1.82. The molecule has 1 aromatic heterocycles. The first-order valence-corrected chi connectivity index (χ1v) is 5.15. The number of hydrogen-bond acceptors (Lipinski definition) is 4. The predicted octanol–water partition coefficient (Wildman–Crippen LogP) is 1.43. The summed E-state index contributed by atoms with van der Waals surface area (Å²) in [4.78, 5) is 13.1. The quantitative estimate of drug-likeness (QED) is 0.778. The van der Waals surface area contributed by atoms with Gasteiger partial charge in [0.2, 0.25) is 0 Å². The monoisotopic (exact) mass is 254 g/mol. The van der Waals surface area contributed by atoms with E-state index in [2.05, 4.69) is 15.4 Å². The molecule has 5 nitrogen and oxygen atoms in total. The molecule has 0 saturated heterocycles. The van der Waals surface area contributed by atoms with Gasteiger partial charge in [-0.2, -0.15) is 4.80 Å². The Kier molecular flexibility index (Phi) is 3.14. The highest BCUT2D eigenvalue weighted by atomic mass is 35.5. The minimum atomic E-state index is -0.555. The molecule has 2 aromatic rings. The van der Waals surface area contributed by atoms with Crippen LogP contribution in [0.4, 0.5) is 4.39 Å². The molecular formula is C10H8ClFN4O. The lowest BCUT2D eigenvalue weighted by Crippen LogP contribution is -2.05. The fourth-order valence-corrected chi connectivity index (χ4v) is 1.49. The van der Waals surface area contributed by atoms with Gasteiger partial charge in [0.1, 0.15) is 5.82 Å². The number of Topliss-reactive ketones (excluding diaryl/α,β-unsaturated/α-hetero) is 1. The van der Waals surface area contributed by atoms with E-state index in [-0.39, 0.29) is 17.2 Å². The highest BCUT2D eigenvalue weighted by Gasteiger charge is 2.12. The summed E-state index contributed by atoms with van der Waals surface area (Å²) in [5, 5.41) is 11.1. The number of nitrogens with zero attached hydrogens (tertiary/aromatic N) is 4. The Bertz CT molecular complexity index is 569. The van der Waals surface area contributed by atoms with Crippen LogP contribution in [-0.2, 0) is 13.5 Å². The Morgan fingerprint density at radius 1 is 1.53 bits per heavy atom. The van der Waals surface area contributed by atoms with Gasteiger partial charge >= 0.3 is 0 Å². The van der Waals surface area contributed by atoms with E-state index in [4.69, 9.17) is 11.6 Å². The first kappa shape index (κ1) is 11.7. The Morgan fingerprint density at radius 2 is 2.29 bits per heavy atom. The molecule has 7 heteroatoms. The molecular weight excluding hydrogens is 247 g/mol. The number of tetrazole rings is 1. The SMILES string of the molecule is Cn1nnc(CC(=O)c2ccc(F)c(Cl)c2)n1. The largest absolute Gasteiger partial charge is 0.294 e. The average molecular weight is 255 g/mol. The van der Waals surface area contributed by atoms with E-state index in [1.807, 2.05) is 0 Å². The number of carbonyl (C=O) groups excluding carboxylic acids is 1. The second-order valence-corrected chi connectivity index (χ2v) is 3.83. The summed E-state index contributed by atoms with van der Waals surface area (Å²) < 4.78 is 12.9. The van der Waals surface area contributed by atoms with Crippen molar-refractivity contribution in [2.75, 3.05) is 0 Å². The molecule has 1 aromatic carbocycles. The molecule has 0 spiro atoms. The summed E-state index contributed by atoms with van der Waals surface area (Å²) in [6, 6.07) is 3.81. The molecule has 0 bridgehead atoms. The summed E-state index contributed by atoms with van der Waals surface area (Å²) in [7, 11) is 1.61. The first-order valence-electron chi connectivity index (χ1n) is 4.77. The normalized spacial score (nSPS) is 10.5. The van der Waals surface area contributed by atoms with Crippen molar-refractivity contribution in [3.63, 3.8) is 0 Å². The first-order chi connectivity index (χ1) is 8.06. The van der Waals surface area contributed by atoms with Gasteiger partial charge in [-0.25, -0.2) is 4.39 Å². The van der Waals surface area contributed by atoms with Crippen LogP contribution in [0, 0.1) is 5.82 Å². The molecule has 0 aliphatic carbocycles. The van der Waals surface area contributed by atoms with Crippen LogP contribution in [0.3, 0.4) is 0 Å². The fraction of sp³-hybridized carbons (Fsp3) is 0.200. The number of benzene rings is 1. The van der Waals surface area contributed by atoms with Crippen LogP contribution in [0.25, 0.3) is 0 Å². The minimum absolute atomic E-state index is 0.00972. The third kappa shape index (κ3) is 2.65. The molecule has 0 radical (unpaired) electrons. The Labute approximate surface area is 101 Å². The maximum Gasteiger partial charge on any atom is 0.182 e. The molecule has 0 aliphatic rings. The van der Waals surface area contributed by atoms with Crippen molar-refractivity contribution < 1.29 is 9.18 Å². The van der Waals surface area contributed by atoms with Gasteiger partial charge in [-0.3, -0.25) is 4.79 Å². The minimum Gasteiger partial charge on any atom is -0.294 e. The molecule has 88 valence electrons. The molecule has 0 amide bonds. The van der Waals surface area contributed by atoms with Crippen molar-refractivity contribution in [1.82, 2.24) is 20.2 Å². The van der Waals surface area contributed by atoms with E-state index in [0.29, 0.717) is 11.4 Å². The van der Waals surface area contributed by atoms with Gasteiger partial charge in [0.25, 0.3) is 0 Å². The summed E-state index contributed by atoms with van der Waals surface area (Å²) in [5.41, 5.74) is 0.323. The van der Waals surface area contributed by atoms with Crippen molar-refractivity contribution in [2.45, 2.75) is 6.42 Å². The van der Waals surface area contributed by atoms with Crippen LogP contribution in [0.15, 0.2) is 18.2 Å². The molecule has 17 heavy (non-hydrogen) atoms. The van der Waals surface area contributed by atoms with E-state index < -0.39 is 5.82 Å². The van der Waals surface area contributed by atoms with Crippen LogP contribution in [0.5, 0.6) is 0 Å². The van der Waals surface area contributed by atoms with Crippen molar-refractivity contribution >= 4 is 17.4 Å². The fourth-order valence-electron chi connectivity index (χ4n) is 1.31. The van der Waals surface area contributed by atoms with Crippen LogP contribution in [0.1, 0.15) is 16.2 Å². The van der Waals surface area contributed by atoms with Gasteiger partial charge in [-0.05, 0) is 23.4 Å². The summed E-state index contributed by atoms with van der Waals surface area (Å²) in [6.07, 6.45) is 0.00972. The summed E-state index contributed by atoms with van der Waals surface area (Å²) >= 11 is 5.59. The average Bonchev–Trinajstić information content (AvgIpc) is 2.68. The Balaban J connectivity index is 2.17. The highest BCUT2D eigenvalue weighted by molar-refractivity contribution is 6.31. The zero-order chi connectivity index (χ0) is 12.4. The molecule has 0 saturated carbocycles. The number of aryl methyl sites for hydroxylation is 1. The number of rotatable bonds is 3. The maximum absolute atomic E-state index is 12.9. The van der Waals surface area contributed by atoms with Gasteiger partial charge in [-0.15, -0.1) is 10.2 Å². The molecule has 0 unspecified atom stereocenters. The van der Waals surface area contributed by atoms with E-state index in [1.54, 1.807) is 7.05 Å². The number of halogens is 2. The maximum atomic E-state index is 12.9. The molecule has 0 N–H and O–H groups in total. The lowest BCUT2D eigenvalue weighted by atomic mass is 10.1. The molecule has 2 rings (SSSR count). The number of hydrogen-bond donors (Lipinski definition) is 0. The predicted molar refractivity (Wildman–Crippen MR) is 58.2 cm³/mol. The second kappa shape index (κ2) is 4.58. The number of aromatic nitrogens is 4. The van der Waals surface area contributed by atoms with E-state index >= 15 is 0 Å². The van der Waals surface area contributed by atoms with Crippen molar-refractivity contribution in [1.29, 1.82) is 0 Å². The van der Waals surface area contributed by atoms with Crippen LogP contribution >= 0.6 is 11.6 Å². The van der Waals surface area contributed by atoms with Gasteiger partial charge in [0.15, 0.2) is 11.6 Å². The Morgan fingerprint density at radius 3 is 2.88 bits per heavy atom. The van der Waals surface area contributed by atoms with Crippen molar-refractivity contribution in [3.05, 3.63) is 40.4 Å². The van der Waals surface area contributed by atoms with Crippen LogP contribution in [-0.4, -0.2) is 26.0 Å². The third-order valence-corrected chi connectivity index (χ3v) is 2.40. The van der Waals surface area contributed by atoms with Crippen molar-refractivity contribution in [3.8, 4) is 0 Å². The lowest BCUT2D eigenvalue weighted by molar-refractivity contribution is 0.0990. The lowest BCUT2D eigenvalue weighted by Gasteiger charge is -1.99. The second-order valence-electron chi connectivity index (χ2n) is 3.42. The van der Waals surface area contributed by atoms with Gasteiger partial charge < -0.3 is 0 Å². The van der Waals surface area contributed by atoms with Crippen LogP contribution in [0.2, 0.25) is 5.02 Å². The van der Waals surface area contributed by atoms with Gasteiger partial charge in [-0.1, -0.05) is 11.6 Å². The third-order valence-electron chi connectivity index (χ3n) is 2.11. The van der Waals surface area contributed by atoms with Crippen molar-refractivity contribution in [2.24, 2.45) is 7.05 Å². The van der Waals surface area contributed by atoms with E-state index in [0.717, 1.165) is 6.07 Å². The summed E-state index contributed by atoms with van der Waals surface area (Å²) in [6.45, 7) is 0. The van der Waals surface area contributed by atoms with Gasteiger partial charge in [0.05, 0.1) is 18.5 Å². The highest BCUT2D eigenvalue weighted by Crippen LogP contribution is 2.16. The van der Waals surface area contributed by atoms with Gasteiger partial charge in [0, 0.05) is 5.56 Å². The smallest absolute Gasteiger partial charge is 0.182 e. The van der Waals surface area contributed by atoms with E-state index in [1.165, 1.54) is 16.9 Å². The molecule has 0 aliphatic heterocycles. The molecule has 1 heterocycles. The topological polar surface area (TPSA) is 60.7 Å². The molecule has 0 atom stereocenters. The number of carbonyl (C=O) groups is 1. The standard InChI is InChI=1S/C10H8ClFN4O/c1-16-14-10(13-15-16)5-9(17)6-2-3-8(12)7(11)4-6/h2-4H,5H2,1H3. The zero-order valence-corrected chi connectivity index (χ0v) is 9.65. The van der Waals surface area contributed by atoms with E-state index in [9.17, 15) is 9.18 Å². The summed E-state index contributed by atoms with van der Waals surface area (Å²) in [5.74, 6) is -0.473. The molecule has 0 fully saturated rings. The zero-order valence-electron chi connectivity index (χ0n) is 8.89. The number of ketones is 1. The van der Waals surface area contributed by atoms with Crippen LogP contribution < -0.4 is 0 Å².